The zero-order valence-corrected chi connectivity index (χ0v) is 17.3. The molecule has 6 nitrogen and oxygen atoms in total. The van der Waals surface area contributed by atoms with E-state index >= 15 is 0 Å². The zero-order chi connectivity index (χ0) is 20.5. The molecule has 0 radical (unpaired) electrons. The average Bonchev–Trinajstić information content (AvgIpc) is 3.17. The fourth-order valence-corrected chi connectivity index (χ4v) is 3.84. The number of allylic oxidation sites excluding steroid dienone is 1. The molecule has 0 saturated carbocycles. The number of benzene rings is 2. The first-order valence-corrected chi connectivity index (χ1v) is 9.87. The van der Waals surface area contributed by atoms with E-state index in [1.54, 1.807) is 23.1 Å². The number of hydrogen-bond donors (Lipinski definition) is 1. The Bertz CT molecular complexity index is 1110. The molecule has 1 aliphatic heterocycles. The number of amides is 2. The van der Waals surface area contributed by atoms with Gasteiger partial charge in [0.2, 0.25) is 5.82 Å². The number of rotatable bonds is 4. The SMILES string of the molecule is CCN1C(=O)NC(c2cccc(Cl)c2)C(c2nc(-c3cccc(Cl)c3)no2)=C1C. The lowest BCUT2D eigenvalue weighted by Crippen LogP contribution is -2.45. The average molecular weight is 429 g/mol. The van der Waals surface area contributed by atoms with Crippen LogP contribution in [0.25, 0.3) is 17.0 Å². The van der Waals surface area contributed by atoms with E-state index in [1.165, 1.54) is 0 Å². The number of urea groups is 1. The molecule has 0 aliphatic carbocycles. The van der Waals surface area contributed by atoms with Crippen molar-refractivity contribution in [2.45, 2.75) is 19.9 Å². The lowest BCUT2D eigenvalue weighted by atomic mass is 9.94. The summed E-state index contributed by atoms with van der Waals surface area (Å²) >= 11 is 12.3. The van der Waals surface area contributed by atoms with Gasteiger partial charge in [0, 0.05) is 27.9 Å². The zero-order valence-electron chi connectivity index (χ0n) is 15.8. The van der Waals surface area contributed by atoms with Crippen molar-refractivity contribution in [2.75, 3.05) is 6.54 Å². The molecule has 1 N–H and O–H groups in total. The fourth-order valence-electron chi connectivity index (χ4n) is 3.45. The van der Waals surface area contributed by atoms with Crippen LogP contribution in [0.1, 0.15) is 31.3 Å². The molecule has 29 heavy (non-hydrogen) atoms. The van der Waals surface area contributed by atoms with Crippen molar-refractivity contribution in [2.24, 2.45) is 0 Å². The molecule has 3 aromatic rings. The van der Waals surface area contributed by atoms with Crippen LogP contribution in [0.5, 0.6) is 0 Å². The lowest BCUT2D eigenvalue weighted by Gasteiger charge is -2.34. The van der Waals surface area contributed by atoms with Crippen molar-refractivity contribution >= 4 is 34.8 Å². The maximum absolute atomic E-state index is 12.6. The van der Waals surface area contributed by atoms with Crippen molar-refractivity contribution in [1.29, 1.82) is 0 Å². The number of hydrogen-bond acceptors (Lipinski definition) is 4. The van der Waals surface area contributed by atoms with E-state index < -0.39 is 6.04 Å². The monoisotopic (exact) mass is 428 g/mol. The minimum atomic E-state index is -0.461. The van der Waals surface area contributed by atoms with E-state index in [0.717, 1.165) is 22.4 Å². The van der Waals surface area contributed by atoms with Gasteiger partial charge in [-0.15, -0.1) is 0 Å². The summed E-state index contributed by atoms with van der Waals surface area (Å²) in [5, 5.41) is 8.30. The summed E-state index contributed by atoms with van der Waals surface area (Å²) in [5.74, 6) is 0.758. The first-order valence-electron chi connectivity index (χ1n) is 9.12. The van der Waals surface area contributed by atoms with Crippen LogP contribution in [-0.2, 0) is 0 Å². The highest BCUT2D eigenvalue weighted by Crippen LogP contribution is 2.37. The molecule has 0 saturated heterocycles. The van der Waals surface area contributed by atoms with Gasteiger partial charge in [0.15, 0.2) is 0 Å². The number of halogens is 2. The van der Waals surface area contributed by atoms with Crippen LogP contribution in [0.3, 0.4) is 0 Å². The van der Waals surface area contributed by atoms with Gasteiger partial charge in [-0.3, -0.25) is 4.90 Å². The summed E-state index contributed by atoms with van der Waals surface area (Å²) in [4.78, 5) is 18.8. The summed E-state index contributed by atoms with van der Waals surface area (Å²) in [6.07, 6.45) is 0. The fraction of sp³-hybridized carbons (Fsp3) is 0.190. The third-order valence-corrected chi connectivity index (χ3v) is 5.30. The van der Waals surface area contributed by atoms with Crippen molar-refractivity contribution < 1.29 is 9.32 Å². The molecule has 2 aromatic carbocycles. The summed E-state index contributed by atoms with van der Waals surface area (Å²) < 4.78 is 5.61. The highest BCUT2D eigenvalue weighted by Gasteiger charge is 2.35. The van der Waals surface area contributed by atoms with Gasteiger partial charge >= 0.3 is 6.03 Å². The van der Waals surface area contributed by atoms with E-state index in [-0.39, 0.29) is 6.03 Å². The van der Waals surface area contributed by atoms with E-state index in [4.69, 9.17) is 27.7 Å². The molecule has 4 rings (SSSR count). The quantitative estimate of drug-likeness (QED) is 0.590. The molecule has 1 atom stereocenters. The molecule has 0 fully saturated rings. The van der Waals surface area contributed by atoms with Crippen LogP contribution in [-0.4, -0.2) is 27.6 Å². The van der Waals surface area contributed by atoms with Gasteiger partial charge < -0.3 is 9.84 Å². The number of carbonyl (C=O) groups is 1. The Morgan fingerprint density at radius 1 is 1.14 bits per heavy atom. The third kappa shape index (κ3) is 3.73. The standard InChI is InChI=1S/C21H18Cl2N4O2/c1-3-27-12(2)17(18(24-21(27)28)13-6-4-8-15(22)10-13)20-25-19(26-29-20)14-7-5-9-16(23)11-14/h4-11,18H,3H2,1-2H3,(H,24,28). The second kappa shape index (κ2) is 7.89. The largest absolute Gasteiger partial charge is 0.334 e. The predicted molar refractivity (Wildman–Crippen MR) is 112 cm³/mol. The van der Waals surface area contributed by atoms with E-state index in [9.17, 15) is 4.79 Å². The molecule has 1 aromatic heterocycles. The van der Waals surface area contributed by atoms with Gasteiger partial charge in [0.25, 0.3) is 5.89 Å². The van der Waals surface area contributed by atoms with Crippen LogP contribution in [0, 0.1) is 0 Å². The van der Waals surface area contributed by atoms with Crippen molar-refractivity contribution in [1.82, 2.24) is 20.4 Å². The number of carbonyl (C=O) groups excluding carboxylic acids is 1. The predicted octanol–water partition coefficient (Wildman–Crippen LogP) is 5.56. The molecular weight excluding hydrogens is 411 g/mol. The Labute approximate surface area is 178 Å². The molecule has 1 unspecified atom stereocenters. The van der Waals surface area contributed by atoms with Crippen LogP contribution in [0.15, 0.2) is 58.8 Å². The van der Waals surface area contributed by atoms with Crippen LogP contribution < -0.4 is 5.32 Å². The third-order valence-electron chi connectivity index (χ3n) is 4.83. The maximum atomic E-state index is 12.6. The Morgan fingerprint density at radius 2 is 1.86 bits per heavy atom. The van der Waals surface area contributed by atoms with E-state index in [1.807, 2.05) is 44.2 Å². The maximum Gasteiger partial charge on any atom is 0.322 e. The van der Waals surface area contributed by atoms with Crippen LogP contribution >= 0.6 is 23.2 Å². The molecule has 0 bridgehead atoms. The molecule has 8 heteroatoms. The van der Waals surface area contributed by atoms with Gasteiger partial charge in [0.05, 0.1) is 11.6 Å². The second-order valence-electron chi connectivity index (χ2n) is 6.61. The van der Waals surface area contributed by atoms with Gasteiger partial charge in [-0.1, -0.05) is 52.6 Å². The number of aromatic nitrogens is 2. The second-order valence-corrected chi connectivity index (χ2v) is 7.49. The minimum Gasteiger partial charge on any atom is -0.334 e. The number of nitrogens with one attached hydrogen (secondary N) is 1. The molecular formula is C21H18Cl2N4O2. The van der Waals surface area contributed by atoms with Gasteiger partial charge in [-0.25, -0.2) is 4.79 Å². The Morgan fingerprint density at radius 3 is 2.55 bits per heavy atom. The van der Waals surface area contributed by atoms with Gasteiger partial charge in [0.1, 0.15) is 0 Å². The molecule has 0 spiro atoms. The normalized spacial score (nSPS) is 16.9. The summed E-state index contributed by atoms with van der Waals surface area (Å²) in [6, 6.07) is 13.9. The summed E-state index contributed by atoms with van der Waals surface area (Å²) in [7, 11) is 0. The van der Waals surface area contributed by atoms with Crippen LogP contribution in [0.4, 0.5) is 4.79 Å². The first-order chi connectivity index (χ1) is 14.0. The Kier molecular flexibility index (Phi) is 5.30. The highest BCUT2D eigenvalue weighted by atomic mass is 35.5. The molecule has 148 valence electrons. The topological polar surface area (TPSA) is 71.3 Å². The minimum absolute atomic E-state index is 0.187. The number of nitrogens with zero attached hydrogens (tertiary/aromatic N) is 3. The van der Waals surface area contributed by atoms with E-state index in [0.29, 0.717) is 28.3 Å². The smallest absolute Gasteiger partial charge is 0.322 e. The van der Waals surface area contributed by atoms with E-state index in [2.05, 4.69) is 15.5 Å². The van der Waals surface area contributed by atoms with Crippen LogP contribution in [0.2, 0.25) is 10.0 Å². The summed E-state index contributed by atoms with van der Waals surface area (Å²) in [6.45, 7) is 4.29. The van der Waals surface area contributed by atoms with Crippen molar-refractivity contribution in [3.63, 3.8) is 0 Å². The molecule has 1 aliphatic rings. The highest BCUT2D eigenvalue weighted by molar-refractivity contribution is 6.31. The van der Waals surface area contributed by atoms with Gasteiger partial charge in [-0.05, 0) is 43.7 Å². The van der Waals surface area contributed by atoms with Gasteiger partial charge in [-0.2, -0.15) is 4.98 Å². The van der Waals surface area contributed by atoms with Crippen molar-refractivity contribution in [3.05, 3.63) is 75.7 Å². The molecule has 2 amide bonds. The lowest BCUT2D eigenvalue weighted by molar-refractivity contribution is 0.207. The Balaban J connectivity index is 1.83. The molecule has 2 heterocycles. The first kappa shape index (κ1) is 19.5. The van der Waals surface area contributed by atoms with Crippen molar-refractivity contribution in [3.8, 4) is 11.4 Å². The summed E-state index contributed by atoms with van der Waals surface area (Å²) in [5.41, 5.74) is 3.06. The Hall–Kier alpha value is -2.83.